The van der Waals surface area contributed by atoms with Crippen LogP contribution in [0, 0.1) is 15.9 Å². The molecule has 11 heteroatoms. The number of nitrogens with one attached hydrogen (secondary N) is 1. The van der Waals surface area contributed by atoms with E-state index in [1.807, 2.05) is 7.05 Å². The second kappa shape index (κ2) is 8.60. The number of nitro benzene ring substituents is 1. The van der Waals surface area contributed by atoms with E-state index in [1.165, 1.54) is 0 Å². The van der Waals surface area contributed by atoms with Crippen LogP contribution in [0.15, 0.2) is 18.2 Å². The van der Waals surface area contributed by atoms with Gasteiger partial charge in [-0.05, 0) is 32.4 Å². The minimum absolute atomic E-state index is 0.0155. The molecule has 2 atom stereocenters. The van der Waals surface area contributed by atoms with Crippen LogP contribution in [0.1, 0.15) is 19.3 Å². The number of ether oxygens (including phenoxy) is 1. The number of nitrogens with zero attached hydrogens (tertiary/aromatic N) is 1. The minimum Gasteiger partial charge on any atom is -0.483 e. The van der Waals surface area contributed by atoms with E-state index >= 15 is 0 Å². The van der Waals surface area contributed by atoms with Gasteiger partial charge >= 0.3 is 17.8 Å². The Hall–Kier alpha value is -2.43. The van der Waals surface area contributed by atoms with Crippen molar-refractivity contribution in [2.24, 2.45) is 0 Å². The maximum absolute atomic E-state index is 13.1. The number of carbonyl (C=O) groups is 1. The van der Waals surface area contributed by atoms with Gasteiger partial charge in [0.1, 0.15) is 11.9 Å². The van der Waals surface area contributed by atoms with Gasteiger partial charge in [-0.25, -0.2) is 9.18 Å². The summed E-state index contributed by atoms with van der Waals surface area (Å²) in [6, 6.07) is 3.64. The van der Waals surface area contributed by atoms with E-state index in [-0.39, 0.29) is 17.5 Å². The summed E-state index contributed by atoms with van der Waals surface area (Å²) < 4.78 is 50.4. The van der Waals surface area contributed by atoms with Crippen LogP contribution < -0.4 is 10.1 Å². The predicted octanol–water partition coefficient (Wildman–Crippen LogP) is 2.89. The summed E-state index contributed by atoms with van der Waals surface area (Å²) in [5.74, 6) is -3.27. The fourth-order valence-corrected chi connectivity index (χ4v) is 2.22. The van der Waals surface area contributed by atoms with Crippen LogP contribution in [0.3, 0.4) is 0 Å². The monoisotopic (exact) mass is 368 g/mol. The number of rotatable bonds is 4. The molecule has 1 aliphatic rings. The Morgan fingerprint density at radius 3 is 2.44 bits per heavy atom. The molecule has 0 heterocycles. The third-order valence-corrected chi connectivity index (χ3v) is 3.45. The third-order valence-electron chi connectivity index (χ3n) is 3.45. The lowest BCUT2D eigenvalue weighted by atomic mass is 10.2. The molecule has 25 heavy (non-hydrogen) atoms. The molecule has 2 rings (SSSR count). The average Bonchev–Trinajstić information content (AvgIpc) is 2.94. The summed E-state index contributed by atoms with van der Waals surface area (Å²) in [7, 11) is 1.87. The van der Waals surface area contributed by atoms with Crippen molar-refractivity contribution in [3.8, 4) is 5.75 Å². The highest BCUT2D eigenvalue weighted by Crippen LogP contribution is 2.32. The minimum atomic E-state index is -5.08. The molecular formula is C14H16F4N2O5. The summed E-state index contributed by atoms with van der Waals surface area (Å²) >= 11 is 0. The second-order valence-electron chi connectivity index (χ2n) is 5.21. The van der Waals surface area contributed by atoms with Crippen molar-refractivity contribution >= 4 is 11.7 Å². The van der Waals surface area contributed by atoms with Crippen LogP contribution >= 0.6 is 0 Å². The molecule has 1 aliphatic carbocycles. The second-order valence-corrected chi connectivity index (χ2v) is 5.21. The normalized spacial score (nSPS) is 19.7. The number of aliphatic carboxylic acids is 1. The molecule has 0 radical (unpaired) electrons. The standard InChI is InChI=1S/C12H15FN2O3.C2HF3O2/c1-14-9-3-4-10(7-9)18-12-6-8(13)2-5-11(12)15(16)17;3-2(4,5)1(6)7/h2,5-6,9-10,14H,3-4,7H2,1H3;(H,6,7)/t9-,10-;/m0./s1. The molecule has 2 N–H and O–H groups in total. The predicted molar refractivity (Wildman–Crippen MR) is 77.9 cm³/mol. The van der Waals surface area contributed by atoms with Gasteiger partial charge in [0.05, 0.1) is 4.92 Å². The smallest absolute Gasteiger partial charge is 0.483 e. The summed E-state index contributed by atoms with van der Waals surface area (Å²) in [5, 5.41) is 21.1. The number of nitro groups is 1. The summed E-state index contributed by atoms with van der Waals surface area (Å²) in [5.41, 5.74) is -0.190. The quantitative estimate of drug-likeness (QED) is 0.481. The van der Waals surface area contributed by atoms with Crippen molar-refractivity contribution in [1.29, 1.82) is 0 Å². The Kier molecular flexibility index (Phi) is 7.09. The number of hydrogen-bond donors (Lipinski definition) is 2. The Labute approximate surface area is 139 Å². The largest absolute Gasteiger partial charge is 0.490 e. The first-order chi connectivity index (χ1) is 11.5. The summed E-state index contributed by atoms with van der Waals surface area (Å²) in [4.78, 5) is 19.2. The molecule has 0 aliphatic heterocycles. The van der Waals surface area contributed by atoms with Gasteiger partial charge in [-0.3, -0.25) is 10.1 Å². The molecular weight excluding hydrogens is 352 g/mol. The Bertz CT molecular complexity index is 624. The lowest BCUT2D eigenvalue weighted by Gasteiger charge is -2.14. The topological polar surface area (TPSA) is 102 Å². The molecule has 1 fully saturated rings. The van der Waals surface area contributed by atoms with Crippen LogP contribution in [-0.4, -0.2) is 41.4 Å². The van der Waals surface area contributed by atoms with Crippen LogP contribution in [0.2, 0.25) is 0 Å². The van der Waals surface area contributed by atoms with Crippen molar-refractivity contribution in [3.05, 3.63) is 34.1 Å². The Morgan fingerprint density at radius 1 is 1.40 bits per heavy atom. The van der Waals surface area contributed by atoms with Crippen molar-refractivity contribution in [2.45, 2.75) is 37.6 Å². The van der Waals surface area contributed by atoms with Gasteiger partial charge in [0.25, 0.3) is 0 Å². The molecule has 0 spiro atoms. The Morgan fingerprint density at radius 2 is 2.00 bits per heavy atom. The van der Waals surface area contributed by atoms with Crippen LogP contribution in [-0.2, 0) is 4.79 Å². The van der Waals surface area contributed by atoms with E-state index in [0.717, 1.165) is 37.5 Å². The molecule has 7 nitrogen and oxygen atoms in total. The molecule has 1 aromatic carbocycles. The number of halogens is 4. The maximum Gasteiger partial charge on any atom is 0.490 e. The van der Waals surface area contributed by atoms with E-state index in [9.17, 15) is 27.7 Å². The SMILES string of the molecule is CN[C@H]1CC[C@H](Oc2cc(F)ccc2[N+](=O)[O-])C1.O=C(O)C(F)(F)F. The molecule has 0 unspecified atom stereocenters. The molecule has 0 bridgehead atoms. The lowest BCUT2D eigenvalue weighted by molar-refractivity contribution is -0.386. The zero-order chi connectivity index (χ0) is 19.2. The van der Waals surface area contributed by atoms with Gasteiger partial charge in [-0.2, -0.15) is 13.2 Å². The number of alkyl halides is 3. The average molecular weight is 368 g/mol. The highest BCUT2D eigenvalue weighted by molar-refractivity contribution is 5.73. The number of hydrogen-bond acceptors (Lipinski definition) is 5. The first kappa shape index (κ1) is 20.6. The van der Waals surface area contributed by atoms with Crippen molar-refractivity contribution < 1.29 is 37.1 Å². The first-order valence-corrected chi connectivity index (χ1v) is 7.12. The number of carboxylic acids is 1. The molecule has 1 saturated carbocycles. The fourth-order valence-electron chi connectivity index (χ4n) is 2.22. The number of carboxylic acid groups (broad SMARTS) is 1. The third kappa shape index (κ3) is 6.53. The first-order valence-electron chi connectivity index (χ1n) is 7.12. The van der Waals surface area contributed by atoms with Crippen molar-refractivity contribution in [3.63, 3.8) is 0 Å². The summed E-state index contributed by atoms with van der Waals surface area (Å²) in [6.07, 6.45) is -2.61. The van der Waals surface area contributed by atoms with Crippen LogP contribution in [0.5, 0.6) is 5.75 Å². The fraction of sp³-hybridized carbons (Fsp3) is 0.500. The zero-order valence-corrected chi connectivity index (χ0v) is 13.0. The van der Waals surface area contributed by atoms with E-state index in [4.69, 9.17) is 14.6 Å². The van der Waals surface area contributed by atoms with Crippen molar-refractivity contribution in [2.75, 3.05) is 7.05 Å². The zero-order valence-electron chi connectivity index (χ0n) is 13.0. The summed E-state index contributed by atoms with van der Waals surface area (Å²) in [6.45, 7) is 0. The van der Waals surface area contributed by atoms with Crippen molar-refractivity contribution in [1.82, 2.24) is 5.32 Å². The van der Waals surface area contributed by atoms with E-state index in [2.05, 4.69) is 5.32 Å². The van der Waals surface area contributed by atoms with Gasteiger partial charge in [-0.1, -0.05) is 0 Å². The van der Waals surface area contributed by atoms with Gasteiger partial charge in [0, 0.05) is 18.2 Å². The van der Waals surface area contributed by atoms with Gasteiger partial charge < -0.3 is 15.2 Å². The van der Waals surface area contributed by atoms with Crippen LogP contribution in [0.25, 0.3) is 0 Å². The van der Waals surface area contributed by atoms with E-state index in [1.54, 1.807) is 0 Å². The lowest BCUT2D eigenvalue weighted by Crippen LogP contribution is -2.23. The van der Waals surface area contributed by atoms with Gasteiger partial charge in [0.2, 0.25) is 0 Å². The molecule has 1 aromatic rings. The highest BCUT2D eigenvalue weighted by atomic mass is 19.4. The molecule has 140 valence electrons. The van der Waals surface area contributed by atoms with Gasteiger partial charge in [0.15, 0.2) is 5.75 Å². The molecule has 0 amide bonds. The molecule has 0 aromatic heterocycles. The maximum atomic E-state index is 13.1. The van der Waals surface area contributed by atoms with E-state index < -0.39 is 22.9 Å². The Balaban J connectivity index is 0.000000381. The molecule has 0 saturated heterocycles. The van der Waals surface area contributed by atoms with Crippen LogP contribution in [0.4, 0.5) is 23.2 Å². The number of benzene rings is 1. The highest BCUT2D eigenvalue weighted by Gasteiger charge is 2.38. The van der Waals surface area contributed by atoms with E-state index in [0.29, 0.717) is 6.04 Å². The van der Waals surface area contributed by atoms with Gasteiger partial charge in [-0.15, -0.1) is 0 Å².